The van der Waals surface area contributed by atoms with Crippen LogP contribution in [0.15, 0.2) is 18.2 Å². The minimum atomic E-state index is -0.300. The van der Waals surface area contributed by atoms with Crippen molar-refractivity contribution in [1.29, 1.82) is 0 Å². The fourth-order valence-electron chi connectivity index (χ4n) is 2.55. The number of hydrogen-bond donors (Lipinski definition) is 0. The number of ether oxygens (including phenoxy) is 1. The molecule has 1 unspecified atom stereocenters. The van der Waals surface area contributed by atoms with Crippen LogP contribution in [0, 0.1) is 5.82 Å². The standard InChI is InChI=1S/C13H14FNO2/c14-10-3-4-11-9(8-10)5-6-15(11)13(16)12-2-1-7-17-12/h3-4,8,12H,1-2,5-7H2. The molecule has 1 amide bonds. The van der Waals surface area contributed by atoms with Crippen LogP contribution in [0.1, 0.15) is 18.4 Å². The minimum Gasteiger partial charge on any atom is -0.368 e. The molecule has 3 rings (SSSR count). The number of hydrogen-bond acceptors (Lipinski definition) is 2. The molecule has 0 spiro atoms. The van der Waals surface area contributed by atoms with Crippen molar-refractivity contribution in [3.63, 3.8) is 0 Å². The Balaban J connectivity index is 1.85. The minimum absolute atomic E-state index is 0.0212. The lowest BCUT2D eigenvalue weighted by atomic mass is 10.1. The number of anilines is 1. The number of rotatable bonds is 1. The Morgan fingerprint density at radius 3 is 3.12 bits per heavy atom. The summed E-state index contributed by atoms with van der Waals surface area (Å²) in [5.74, 6) is -0.219. The third-order valence-electron chi connectivity index (χ3n) is 3.41. The van der Waals surface area contributed by atoms with Crippen molar-refractivity contribution in [2.75, 3.05) is 18.1 Å². The molecule has 0 bridgehead atoms. The molecule has 0 saturated carbocycles. The first-order chi connectivity index (χ1) is 8.25. The molecule has 1 aromatic carbocycles. The van der Waals surface area contributed by atoms with E-state index < -0.39 is 0 Å². The van der Waals surface area contributed by atoms with Crippen LogP contribution < -0.4 is 4.90 Å². The van der Waals surface area contributed by atoms with Crippen molar-refractivity contribution in [1.82, 2.24) is 0 Å². The SMILES string of the molecule is O=C(C1CCCO1)N1CCc2cc(F)ccc21. The van der Waals surface area contributed by atoms with Crippen LogP contribution in [-0.2, 0) is 16.0 Å². The molecule has 1 fully saturated rings. The fourth-order valence-corrected chi connectivity index (χ4v) is 2.55. The Morgan fingerprint density at radius 1 is 1.47 bits per heavy atom. The van der Waals surface area contributed by atoms with Gasteiger partial charge in [-0.1, -0.05) is 0 Å². The van der Waals surface area contributed by atoms with Crippen LogP contribution in [0.5, 0.6) is 0 Å². The molecule has 0 aromatic heterocycles. The van der Waals surface area contributed by atoms with Crippen molar-refractivity contribution >= 4 is 11.6 Å². The van der Waals surface area contributed by atoms with E-state index in [4.69, 9.17) is 4.74 Å². The van der Waals surface area contributed by atoms with Gasteiger partial charge in [0.2, 0.25) is 0 Å². The lowest BCUT2D eigenvalue weighted by Gasteiger charge is -2.20. The second kappa shape index (κ2) is 4.11. The van der Waals surface area contributed by atoms with E-state index in [1.54, 1.807) is 11.0 Å². The highest BCUT2D eigenvalue weighted by Gasteiger charge is 2.32. The predicted molar refractivity (Wildman–Crippen MR) is 61.4 cm³/mol. The number of carbonyl (C=O) groups is 1. The predicted octanol–water partition coefficient (Wildman–Crippen LogP) is 1.89. The van der Waals surface area contributed by atoms with Gasteiger partial charge in [0.25, 0.3) is 5.91 Å². The van der Waals surface area contributed by atoms with Crippen molar-refractivity contribution in [3.05, 3.63) is 29.6 Å². The zero-order valence-electron chi connectivity index (χ0n) is 9.49. The number of carbonyl (C=O) groups excluding carboxylic acids is 1. The van der Waals surface area contributed by atoms with Gasteiger partial charge in [0.1, 0.15) is 11.9 Å². The molecule has 0 radical (unpaired) electrons. The summed E-state index contributed by atoms with van der Waals surface area (Å²) in [6, 6.07) is 4.60. The van der Waals surface area contributed by atoms with Gasteiger partial charge in [-0.2, -0.15) is 0 Å². The Kier molecular flexibility index (Phi) is 2.59. The van der Waals surface area contributed by atoms with Crippen LogP contribution >= 0.6 is 0 Å². The van der Waals surface area contributed by atoms with Crippen molar-refractivity contribution in [3.8, 4) is 0 Å². The van der Waals surface area contributed by atoms with Crippen LogP contribution in [0.25, 0.3) is 0 Å². The molecule has 17 heavy (non-hydrogen) atoms. The van der Waals surface area contributed by atoms with Crippen molar-refractivity contribution < 1.29 is 13.9 Å². The monoisotopic (exact) mass is 235 g/mol. The maximum absolute atomic E-state index is 13.1. The first kappa shape index (κ1) is 10.7. The summed E-state index contributed by atoms with van der Waals surface area (Å²) >= 11 is 0. The average molecular weight is 235 g/mol. The third-order valence-corrected chi connectivity index (χ3v) is 3.41. The summed E-state index contributed by atoms with van der Waals surface area (Å²) in [5.41, 5.74) is 1.75. The normalized spacial score (nSPS) is 22.9. The fraction of sp³-hybridized carbons (Fsp3) is 0.462. The van der Waals surface area contributed by atoms with Gasteiger partial charge in [-0.3, -0.25) is 4.79 Å². The molecule has 90 valence electrons. The zero-order valence-corrected chi connectivity index (χ0v) is 9.49. The van der Waals surface area contributed by atoms with E-state index in [0.717, 1.165) is 30.5 Å². The van der Waals surface area contributed by atoms with Crippen molar-refractivity contribution in [2.45, 2.75) is 25.4 Å². The molecule has 2 heterocycles. The van der Waals surface area contributed by atoms with E-state index in [1.807, 2.05) is 0 Å². The van der Waals surface area contributed by atoms with Gasteiger partial charge >= 0.3 is 0 Å². The quantitative estimate of drug-likeness (QED) is 0.744. The topological polar surface area (TPSA) is 29.5 Å². The third kappa shape index (κ3) is 1.82. The molecule has 1 saturated heterocycles. The number of nitrogens with zero attached hydrogens (tertiary/aromatic N) is 1. The summed E-state index contributed by atoms with van der Waals surface area (Å²) in [5, 5.41) is 0. The van der Waals surface area contributed by atoms with Crippen molar-refractivity contribution in [2.24, 2.45) is 0 Å². The smallest absolute Gasteiger partial charge is 0.256 e. The van der Waals surface area contributed by atoms with E-state index in [-0.39, 0.29) is 17.8 Å². The number of fused-ring (bicyclic) bond motifs is 1. The summed E-state index contributed by atoms with van der Waals surface area (Å²) in [6.45, 7) is 1.30. The summed E-state index contributed by atoms with van der Waals surface area (Å²) in [4.78, 5) is 13.9. The second-order valence-electron chi connectivity index (χ2n) is 4.51. The van der Waals surface area contributed by atoms with E-state index in [2.05, 4.69) is 0 Å². The highest BCUT2D eigenvalue weighted by Crippen LogP contribution is 2.30. The maximum atomic E-state index is 13.1. The van der Waals surface area contributed by atoms with Gasteiger partial charge in [-0.05, 0) is 43.0 Å². The molecule has 0 N–H and O–H groups in total. The molecular weight excluding hydrogens is 221 g/mol. The molecule has 3 nitrogen and oxygen atoms in total. The lowest BCUT2D eigenvalue weighted by molar-refractivity contribution is -0.127. The van der Waals surface area contributed by atoms with Crippen LogP contribution in [0.4, 0.5) is 10.1 Å². The Bertz CT molecular complexity index is 455. The molecular formula is C13H14FNO2. The van der Waals surface area contributed by atoms with Gasteiger partial charge in [-0.25, -0.2) is 4.39 Å². The van der Waals surface area contributed by atoms with E-state index in [1.165, 1.54) is 12.1 Å². The number of amides is 1. The summed E-state index contributed by atoms with van der Waals surface area (Å²) < 4.78 is 18.5. The van der Waals surface area contributed by atoms with Gasteiger partial charge in [0.15, 0.2) is 0 Å². The van der Waals surface area contributed by atoms with Gasteiger partial charge in [0.05, 0.1) is 0 Å². The van der Waals surface area contributed by atoms with Crippen LogP contribution in [0.3, 0.4) is 0 Å². The van der Waals surface area contributed by atoms with Crippen LogP contribution in [0.2, 0.25) is 0 Å². The first-order valence-electron chi connectivity index (χ1n) is 5.97. The lowest BCUT2D eigenvalue weighted by Crippen LogP contribution is -2.37. The summed E-state index contributed by atoms with van der Waals surface area (Å²) in [7, 11) is 0. The highest BCUT2D eigenvalue weighted by atomic mass is 19.1. The zero-order chi connectivity index (χ0) is 11.8. The van der Waals surface area contributed by atoms with E-state index in [0.29, 0.717) is 13.2 Å². The second-order valence-corrected chi connectivity index (χ2v) is 4.51. The Labute approximate surface area is 99.2 Å². The average Bonchev–Trinajstić information content (AvgIpc) is 2.96. The van der Waals surface area contributed by atoms with Crippen LogP contribution in [-0.4, -0.2) is 25.2 Å². The highest BCUT2D eigenvalue weighted by molar-refractivity contribution is 5.98. The van der Waals surface area contributed by atoms with E-state index in [9.17, 15) is 9.18 Å². The number of benzene rings is 1. The van der Waals surface area contributed by atoms with E-state index >= 15 is 0 Å². The number of halogens is 1. The molecule has 2 aliphatic rings. The molecule has 1 atom stereocenters. The first-order valence-corrected chi connectivity index (χ1v) is 5.97. The molecule has 4 heteroatoms. The molecule has 0 aliphatic carbocycles. The molecule has 2 aliphatic heterocycles. The maximum Gasteiger partial charge on any atom is 0.256 e. The van der Waals surface area contributed by atoms with Gasteiger partial charge in [-0.15, -0.1) is 0 Å². The molecule has 1 aromatic rings. The van der Waals surface area contributed by atoms with Gasteiger partial charge in [0, 0.05) is 18.8 Å². The summed E-state index contributed by atoms with van der Waals surface area (Å²) in [6.07, 6.45) is 2.17. The van der Waals surface area contributed by atoms with Gasteiger partial charge < -0.3 is 9.64 Å². The Hall–Kier alpha value is -1.42. The largest absolute Gasteiger partial charge is 0.368 e. The Morgan fingerprint density at radius 2 is 2.35 bits per heavy atom.